The van der Waals surface area contributed by atoms with E-state index in [0.717, 1.165) is 11.3 Å². The number of anilines is 1. The zero-order valence-electron chi connectivity index (χ0n) is 13.5. The fraction of sp³-hybridized carbons (Fsp3) is 0.316. The van der Waals surface area contributed by atoms with E-state index in [1.807, 2.05) is 37.3 Å². The van der Waals surface area contributed by atoms with Crippen molar-refractivity contribution in [2.75, 3.05) is 11.9 Å². The van der Waals surface area contributed by atoms with Gasteiger partial charge < -0.3 is 10.6 Å². The molecule has 2 aromatic rings. The molecule has 3 heteroatoms. The highest BCUT2D eigenvalue weighted by molar-refractivity contribution is 5.77. The maximum absolute atomic E-state index is 12.0. The molecule has 1 atom stereocenters. The first-order chi connectivity index (χ1) is 10.5. The highest BCUT2D eigenvalue weighted by atomic mass is 16.1. The zero-order chi connectivity index (χ0) is 15.9. The lowest BCUT2D eigenvalue weighted by Gasteiger charge is -2.15. The standard InChI is InChI=1S/C19H24N2O/c1-14-11-15(2)13-18(12-14)20-10-9-19(22)21-16(3)17-7-5-4-6-8-17/h4-8,11-13,16,20H,9-10H2,1-3H3,(H,21,22). The SMILES string of the molecule is Cc1cc(C)cc(NCCC(=O)NC(C)c2ccccc2)c1. The summed E-state index contributed by atoms with van der Waals surface area (Å²) < 4.78 is 0. The fourth-order valence-corrected chi connectivity index (χ4v) is 2.54. The molecule has 0 aliphatic rings. The van der Waals surface area contributed by atoms with Crippen LogP contribution in [0.5, 0.6) is 0 Å². The van der Waals surface area contributed by atoms with Crippen LogP contribution in [0, 0.1) is 13.8 Å². The van der Waals surface area contributed by atoms with Gasteiger partial charge in [-0.2, -0.15) is 0 Å². The summed E-state index contributed by atoms with van der Waals surface area (Å²) in [4.78, 5) is 12.0. The third-order valence-corrected chi connectivity index (χ3v) is 3.58. The molecule has 1 unspecified atom stereocenters. The lowest BCUT2D eigenvalue weighted by molar-refractivity contribution is -0.121. The lowest BCUT2D eigenvalue weighted by atomic mass is 10.1. The molecule has 0 radical (unpaired) electrons. The summed E-state index contributed by atoms with van der Waals surface area (Å²) in [6.07, 6.45) is 0.462. The van der Waals surface area contributed by atoms with Gasteiger partial charge in [0.15, 0.2) is 0 Å². The summed E-state index contributed by atoms with van der Waals surface area (Å²) in [5.41, 5.74) is 4.65. The van der Waals surface area contributed by atoms with E-state index < -0.39 is 0 Å². The minimum atomic E-state index is 0.0370. The first-order valence-electron chi connectivity index (χ1n) is 7.71. The van der Waals surface area contributed by atoms with Gasteiger partial charge in [0, 0.05) is 18.7 Å². The van der Waals surface area contributed by atoms with Crippen molar-refractivity contribution >= 4 is 11.6 Å². The van der Waals surface area contributed by atoms with Crippen LogP contribution in [-0.4, -0.2) is 12.5 Å². The number of aryl methyl sites for hydroxylation is 2. The van der Waals surface area contributed by atoms with Gasteiger partial charge in [-0.25, -0.2) is 0 Å². The van der Waals surface area contributed by atoms with E-state index in [1.54, 1.807) is 0 Å². The minimum absolute atomic E-state index is 0.0370. The van der Waals surface area contributed by atoms with E-state index in [9.17, 15) is 4.79 Å². The average Bonchev–Trinajstić information content (AvgIpc) is 2.47. The van der Waals surface area contributed by atoms with Crippen molar-refractivity contribution in [2.24, 2.45) is 0 Å². The summed E-state index contributed by atoms with van der Waals surface area (Å²) in [5, 5.41) is 6.34. The summed E-state index contributed by atoms with van der Waals surface area (Å²) in [6.45, 7) is 6.79. The topological polar surface area (TPSA) is 41.1 Å². The van der Waals surface area contributed by atoms with Crippen molar-refractivity contribution in [1.29, 1.82) is 0 Å². The molecular formula is C19H24N2O. The molecule has 0 aliphatic carbocycles. The molecule has 116 valence electrons. The number of hydrogen-bond acceptors (Lipinski definition) is 2. The molecule has 2 aromatic carbocycles. The number of carbonyl (C=O) groups excluding carboxylic acids is 1. The molecule has 0 bridgehead atoms. The molecule has 0 heterocycles. The Balaban J connectivity index is 1.78. The Labute approximate surface area is 132 Å². The monoisotopic (exact) mass is 296 g/mol. The molecule has 0 aromatic heterocycles. The van der Waals surface area contributed by atoms with E-state index in [4.69, 9.17) is 0 Å². The molecule has 0 fully saturated rings. The van der Waals surface area contributed by atoms with Gasteiger partial charge in [-0.3, -0.25) is 4.79 Å². The average molecular weight is 296 g/mol. The second-order valence-electron chi connectivity index (χ2n) is 5.75. The van der Waals surface area contributed by atoms with Gasteiger partial charge in [-0.15, -0.1) is 0 Å². The Morgan fingerprint density at radius 2 is 1.68 bits per heavy atom. The molecule has 22 heavy (non-hydrogen) atoms. The fourth-order valence-electron chi connectivity index (χ4n) is 2.54. The van der Waals surface area contributed by atoms with E-state index >= 15 is 0 Å². The van der Waals surface area contributed by atoms with Crippen LogP contribution in [0.25, 0.3) is 0 Å². The molecule has 0 spiro atoms. The second kappa shape index (κ2) is 7.64. The lowest BCUT2D eigenvalue weighted by Crippen LogP contribution is -2.28. The summed E-state index contributed by atoms with van der Waals surface area (Å²) >= 11 is 0. The molecule has 0 saturated heterocycles. The maximum atomic E-state index is 12.0. The van der Waals surface area contributed by atoms with Gasteiger partial charge in [0.25, 0.3) is 0 Å². The van der Waals surface area contributed by atoms with E-state index in [0.29, 0.717) is 13.0 Å². The normalized spacial score (nSPS) is 11.8. The Morgan fingerprint density at radius 3 is 2.32 bits per heavy atom. The van der Waals surface area contributed by atoms with Crippen LogP contribution >= 0.6 is 0 Å². The Morgan fingerprint density at radius 1 is 1.05 bits per heavy atom. The van der Waals surface area contributed by atoms with Gasteiger partial charge >= 0.3 is 0 Å². The van der Waals surface area contributed by atoms with Crippen LogP contribution in [0.2, 0.25) is 0 Å². The molecule has 2 rings (SSSR count). The van der Waals surface area contributed by atoms with Crippen molar-refractivity contribution in [1.82, 2.24) is 5.32 Å². The Bertz CT molecular complexity index is 602. The van der Waals surface area contributed by atoms with Crippen LogP contribution in [0.3, 0.4) is 0 Å². The predicted molar refractivity (Wildman–Crippen MR) is 92.0 cm³/mol. The molecule has 2 N–H and O–H groups in total. The summed E-state index contributed by atoms with van der Waals surface area (Å²) in [7, 11) is 0. The Kier molecular flexibility index (Phi) is 5.59. The molecule has 3 nitrogen and oxygen atoms in total. The van der Waals surface area contributed by atoms with Gasteiger partial charge in [0.2, 0.25) is 5.91 Å². The highest BCUT2D eigenvalue weighted by Gasteiger charge is 2.08. The minimum Gasteiger partial charge on any atom is -0.385 e. The van der Waals surface area contributed by atoms with Crippen LogP contribution in [-0.2, 0) is 4.79 Å². The van der Waals surface area contributed by atoms with Crippen molar-refractivity contribution in [2.45, 2.75) is 33.2 Å². The summed E-state index contributed by atoms with van der Waals surface area (Å²) in [5.74, 6) is 0.0632. The molecular weight excluding hydrogens is 272 g/mol. The number of amides is 1. The third kappa shape index (κ3) is 4.92. The van der Waals surface area contributed by atoms with Gasteiger partial charge in [-0.1, -0.05) is 36.4 Å². The van der Waals surface area contributed by atoms with E-state index in [-0.39, 0.29) is 11.9 Å². The number of hydrogen-bond donors (Lipinski definition) is 2. The highest BCUT2D eigenvalue weighted by Crippen LogP contribution is 2.14. The largest absolute Gasteiger partial charge is 0.385 e. The second-order valence-corrected chi connectivity index (χ2v) is 5.75. The number of nitrogens with one attached hydrogen (secondary N) is 2. The third-order valence-electron chi connectivity index (χ3n) is 3.58. The summed E-state index contributed by atoms with van der Waals surface area (Å²) in [6, 6.07) is 16.4. The van der Waals surface area contributed by atoms with Gasteiger partial charge in [-0.05, 0) is 49.6 Å². The smallest absolute Gasteiger partial charge is 0.222 e. The first-order valence-corrected chi connectivity index (χ1v) is 7.71. The zero-order valence-corrected chi connectivity index (χ0v) is 13.5. The van der Waals surface area contributed by atoms with Crippen molar-refractivity contribution < 1.29 is 4.79 Å². The van der Waals surface area contributed by atoms with Crippen LogP contribution < -0.4 is 10.6 Å². The van der Waals surface area contributed by atoms with E-state index in [2.05, 4.69) is 42.7 Å². The molecule has 1 amide bonds. The van der Waals surface area contributed by atoms with Crippen LogP contribution in [0.15, 0.2) is 48.5 Å². The number of benzene rings is 2. The van der Waals surface area contributed by atoms with E-state index in [1.165, 1.54) is 11.1 Å². The number of carbonyl (C=O) groups is 1. The van der Waals surface area contributed by atoms with Gasteiger partial charge in [0.05, 0.1) is 6.04 Å². The van der Waals surface area contributed by atoms with Crippen molar-refractivity contribution in [3.05, 3.63) is 65.2 Å². The maximum Gasteiger partial charge on any atom is 0.222 e. The first kappa shape index (κ1) is 16.1. The predicted octanol–water partition coefficient (Wildman–Crippen LogP) is 3.98. The van der Waals surface area contributed by atoms with Crippen LogP contribution in [0.1, 0.15) is 36.1 Å². The van der Waals surface area contributed by atoms with Crippen LogP contribution in [0.4, 0.5) is 5.69 Å². The van der Waals surface area contributed by atoms with Crippen molar-refractivity contribution in [3.63, 3.8) is 0 Å². The van der Waals surface area contributed by atoms with Crippen molar-refractivity contribution in [3.8, 4) is 0 Å². The molecule has 0 saturated carbocycles. The quantitative estimate of drug-likeness (QED) is 0.846. The number of rotatable bonds is 6. The van der Waals surface area contributed by atoms with Gasteiger partial charge in [0.1, 0.15) is 0 Å². The molecule has 0 aliphatic heterocycles. The Hall–Kier alpha value is -2.29.